The maximum absolute atomic E-state index is 13.6. The molecule has 0 aliphatic carbocycles. The smallest absolute Gasteiger partial charge is 0.326 e. The number of ether oxygens (including phenoxy) is 1. The molecule has 1 aliphatic rings. The molecular weight excluding hydrogens is 417 g/mol. The van der Waals surface area contributed by atoms with Crippen LogP contribution < -0.4 is 0 Å². The first-order chi connectivity index (χ1) is 11.9. The van der Waals surface area contributed by atoms with Crippen molar-refractivity contribution < 1.29 is 23.5 Å². The lowest BCUT2D eigenvalue weighted by Gasteiger charge is -2.13. The number of hydrogen-bond acceptors (Lipinski definition) is 4. The minimum atomic E-state index is -0.840. The van der Waals surface area contributed by atoms with E-state index in [1.807, 2.05) is 0 Å². The summed E-state index contributed by atoms with van der Waals surface area (Å²) in [5, 5.41) is 0.124. The second-order valence-electron chi connectivity index (χ2n) is 5.25. The summed E-state index contributed by atoms with van der Waals surface area (Å²) in [5.41, 5.74) is 0.464. The second-order valence-corrected chi connectivity index (χ2v) is 6.57. The summed E-state index contributed by atoms with van der Waals surface area (Å²) < 4.78 is 19.2. The topological polar surface area (TPSA) is 63.7 Å². The number of hydrogen-bond donors (Lipinski definition) is 0. The van der Waals surface area contributed by atoms with E-state index in [-0.39, 0.29) is 28.3 Å². The predicted molar refractivity (Wildman–Crippen MR) is 90.7 cm³/mol. The Balaban J connectivity index is 1.68. The summed E-state index contributed by atoms with van der Waals surface area (Å²) in [4.78, 5) is 37.3. The summed E-state index contributed by atoms with van der Waals surface area (Å²) >= 11 is 9.08. The molecule has 0 saturated carbocycles. The Bertz CT molecular complexity index is 882. The van der Waals surface area contributed by atoms with Crippen molar-refractivity contribution in [1.82, 2.24) is 4.90 Å². The molecule has 1 aliphatic heterocycles. The average Bonchev–Trinajstić information content (AvgIpc) is 2.79. The molecule has 0 fully saturated rings. The van der Waals surface area contributed by atoms with Crippen molar-refractivity contribution >= 4 is 45.3 Å². The molecule has 2 aromatic carbocycles. The van der Waals surface area contributed by atoms with E-state index in [9.17, 15) is 18.8 Å². The largest absolute Gasteiger partial charge is 0.459 e. The zero-order valence-electron chi connectivity index (χ0n) is 12.6. The van der Waals surface area contributed by atoms with Gasteiger partial charge in [0.15, 0.2) is 0 Å². The van der Waals surface area contributed by atoms with Crippen molar-refractivity contribution in [3.63, 3.8) is 0 Å². The van der Waals surface area contributed by atoms with E-state index in [0.717, 1.165) is 4.90 Å². The summed E-state index contributed by atoms with van der Waals surface area (Å²) in [6, 6.07) is 8.74. The fourth-order valence-electron chi connectivity index (χ4n) is 2.40. The quantitative estimate of drug-likeness (QED) is 0.554. The van der Waals surface area contributed by atoms with Gasteiger partial charge in [0.1, 0.15) is 19.0 Å². The van der Waals surface area contributed by atoms with Gasteiger partial charge >= 0.3 is 5.97 Å². The molecular formula is C17H10BrClFNO4. The Morgan fingerprint density at radius 2 is 1.88 bits per heavy atom. The zero-order chi connectivity index (χ0) is 18.1. The minimum Gasteiger partial charge on any atom is -0.459 e. The molecule has 3 rings (SSSR count). The predicted octanol–water partition coefficient (Wildman–Crippen LogP) is 3.58. The van der Waals surface area contributed by atoms with Crippen LogP contribution in [0, 0.1) is 5.82 Å². The molecule has 0 bridgehead atoms. The zero-order valence-corrected chi connectivity index (χ0v) is 14.9. The van der Waals surface area contributed by atoms with Crippen molar-refractivity contribution in [1.29, 1.82) is 0 Å². The molecule has 2 amide bonds. The van der Waals surface area contributed by atoms with Gasteiger partial charge in [0.05, 0.1) is 16.1 Å². The Hall–Kier alpha value is -2.25. The monoisotopic (exact) mass is 425 g/mol. The number of benzene rings is 2. The van der Waals surface area contributed by atoms with E-state index in [0.29, 0.717) is 4.47 Å². The molecule has 8 heteroatoms. The van der Waals surface area contributed by atoms with Crippen LogP contribution in [0.4, 0.5) is 4.39 Å². The third-order valence-electron chi connectivity index (χ3n) is 3.66. The number of carbonyl (C=O) groups is 3. The van der Waals surface area contributed by atoms with E-state index >= 15 is 0 Å². The number of imide groups is 1. The van der Waals surface area contributed by atoms with E-state index < -0.39 is 30.1 Å². The highest BCUT2D eigenvalue weighted by molar-refractivity contribution is 9.10. The molecule has 0 saturated heterocycles. The molecule has 2 aromatic rings. The highest BCUT2D eigenvalue weighted by atomic mass is 79.9. The number of amides is 2. The normalized spacial score (nSPS) is 13.2. The summed E-state index contributed by atoms with van der Waals surface area (Å²) in [6.07, 6.45) is 0. The van der Waals surface area contributed by atoms with Gasteiger partial charge in [-0.25, -0.2) is 4.39 Å². The number of nitrogens with zero attached hydrogens (tertiary/aromatic N) is 1. The number of carbonyl (C=O) groups excluding carboxylic acids is 3. The molecule has 25 heavy (non-hydrogen) atoms. The van der Waals surface area contributed by atoms with Crippen molar-refractivity contribution in [3.05, 3.63) is 68.4 Å². The summed E-state index contributed by atoms with van der Waals surface area (Å²) in [5.74, 6) is -2.60. The Kier molecular flexibility index (Phi) is 4.87. The van der Waals surface area contributed by atoms with Crippen LogP contribution in [0.3, 0.4) is 0 Å². The fraction of sp³-hybridized carbons (Fsp3) is 0.118. The first-order valence-electron chi connectivity index (χ1n) is 7.12. The van der Waals surface area contributed by atoms with Crippen molar-refractivity contribution in [2.45, 2.75) is 6.61 Å². The first kappa shape index (κ1) is 17.6. The summed E-state index contributed by atoms with van der Waals surface area (Å²) in [6.45, 7) is -0.949. The first-order valence-corrected chi connectivity index (χ1v) is 8.30. The Labute approximate surface area is 155 Å². The van der Waals surface area contributed by atoms with Gasteiger partial charge < -0.3 is 4.74 Å². The van der Waals surface area contributed by atoms with Gasteiger partial charge in [-0.2, -0.15) is 0 Å². The molecule has 128 valence electrons. The number of halogens is 3. The molecule has 0 atom stereocenters. The highest BCUT2D eigenvalue weighted by Gasteiger charge is 2.37. The molecule has 0 radical (unpaired) electrons. The van der Waals surface area contributed by atoms with Gasteiger partial charge in [-0.3, -0.25) is 19.3 Å². The van der Waals surface area contributed by atoms with Crippen LogP contribution in [0.25, 0.3) is 0 Å². The van der Waals surface area contributed by atoms with Crippen molar-refractivity contribution in [2.75, 3.05) is 6.54 Å². The van der Waals surface area contributed by atoms with Crippen molar-refractivity contribution in [2.24, 2.45) is 0 Å². The number of rotatable bonds is 4. The molecule has 5 nitrogen and oxygen atoms in total. The van der Waals surface area contributed by atoms with E-state index in [2.05, 4.69) is 15.9 Å². The van der Waals surface area contributed by atoms with Crippen LogP contribution in [0.15, 0.2) is 40.9 Å². The maximum atomic E-state index is 13.6. The molecule has 0 aromatic heterocycles. The van der Waals surface area contributed by atoms with Crippen molar-refractivity contribution in [3.8, 4) is 0 Å². The lowest BCUT2D eigenvalue weighted by atomic mass is 10.1. The van der Waals surface area contributed by atoms with Crippen LogP contribution in [0.2, 0.25) is 5.02 Å². The van der Waals surface area contributed by atoms with Gasteiger partial charge in [0.2, 0.25) is 0 Å². The standard InChI is InChI=1S/C17H10BrClFNO4/c18-9-4-5-10-11(6-9)17(24)21(16(10)23)7-15(22)25-8-12-13(19)2-1-3-14(12)20/h1-6H,7-8H2. The lowest BCUT2D eigenvalue weighted by molar-refractivity contribution is -0.145. The minimum absolute atomic E-state index is 0.0313. The van der Waals surface area contributed by atoms with E-state index in [1.165, 1.54) is 30.3 Å². The molecule has 0 N–H and O–H groups in total. The second kappa shape index (κ2) is 6.93. The number of esters is 1. The highest BCUT2D eigenvalue weighted by Crippen LogP contribution is 2.26. The summed E-state index contributed by atoms with van der Waals surface area (Å²) in [7, 11) is 0. The third kappa shape index (κ3) is 3.43. The average molecular weight is 427 g/mol. The fourth-order valence-corrected chi connectivity index (χ4v) is 2.98. The molecule has 0 spiro atoms. The maximum Gasteiger partial charge on any atom is 0.326 e. The van der Waals surface area contributed by atoms with Crippen LogP contribution in [0.5, 0.6) is 0 Å². The Morgan fingerprint density at radius 1 is 1.16 bits per heavy atom. The number of fused-ring (bicyclic) bond motifs is 1. The third-order valence-corrected chi connectivity index (χ3v) is 4.51. The Morgan fingerprint density at radius 3 is 2.60 bits per heavy atom. The lowest BCUT2D eigenvalue weighted by Crippen LogP contribution is -2.35. The van der Waals surface area contributed by atoms with Gasteiger partial charge in [-0.1, -0.05) is 33.6 Å². The van der Waals surface area contributed by atoms with Gasteiger partial charge in [-0.15, -0.1) is 0 Å². The van der Waals surface area contributed by atoms with Gasteiger partial charge in [0, 0.05) is 10.0 Å². The van der Waals surface area contributed by atoms with Gasteiger partial charge in [-0.05, 0) is 30.3 Å². The molecule has 1 heterocycles. The van der Waals surface area contributed by atoms with E-state index in [4.69, 9.17) is 16.3 Å². The van der Waals surface area contributed by atoms with Crippen LogP contribution >= 0.6 is 27.5 Å². The van der Waals surface area contributed by atoms with Crippen LogP contribution in [0.1, 0.15) is 26.3 Å². The SMILES string of the molecule is O=C(CN1C(=O)c2ccc(Br)cc2C1=O)OCc1c(F)cccc1Cl. The van der Waals surface area contributed by atoms with Crippen LogP contribution in [-0.2, 0) is 16.1 Å². The van der Waals surface area contributed by atoms with Crippen LogP contribution in [-0.4, -0.2) is 29.2 Å². The van der Waals surface area contributed by atoms with E-state index in [1.54, 1.807) is 6.07 Å². The van der Waals surface area contributed by atoms with Gasteiger partial charge in [0.25, 0.3) is 11.8 Å². The molecule has 0 unspecified atom stereocenters.